The van der Waals surface area contributed by atoms with Crippen molar-refractivity contribution in [2.45, 2.75) is 39.7 Å². The van der Waals surface area contributed by atoms with Crippen LogP contribution in [0.3, 0.4) is 0 Å². The number of esters is 1. The third-order valence-corrected chi connectivity index (χ3v) is 2.83. The second-order valence-corrected chi connectivity index (χ2v) is 5.74. The number of hydrogen-bond donors (Lipinski definition) is 1. The predicted octanol–water partition coefficient (Wildman–Crippen LogP) is 3.45. The van der Waals surface area contributed by atoms with Gasteiger partial charge in [0.25, 0.3) is 0 Å². The molecule has 0 amide bonds. The van der Waals surface area contributed by atoms with Crippen molar-refractivity contribution < 1.29 is 14.3 Å². The molecular formula is C16H21NO3. The van der Waals surface area contributed by atoms with Crippen LogP contribution in [0.5, 0.6) is 5.75 Å². The van der Waals surface area contributed by atoms with Crippen LogP contribution in [0.4, 0.5) is 0 Å². The first-order valence-electron chi connectivity index (χ1n) is 6.84. The zero-order valence-electron chi connectivity index (χ0n) is 12.4. The molecule has 1 aromatic carbocycles. The van der Waals surface area contributed by atoms with Crippen molar-refractivity contribution in [3.8, 4) is 5.75 Å². The average Bonchev–Trinajstić information content (AvgIpc) is 2.77. The van der Waals surface area contributed by atoms with Crippen LogP contribution >= 0.6 is 0 Å². The van der Waals surface area contributed by atoms with Crippen molar-refractivity contribution in [2.24, 2.45) is 0 Å². The normalized spacial score (nSPS) is 11.6. The molecule has 0 fully saturated rings. The summed E-state index contributed by atoms with van der Waals surface area (Å²) in [5, 5.41) is 0.993. The van der Waals surface area contributed by atoms with Gasteiger partial charge in [0.2, 0.25) is 0 Å². The molecule has 4 heteroatoms. The number of aromatic amines is 1. The number of aromatic nitrogens is 1. The summed E-state index contributed by atoms with van der Waals surface area (Å²) < 4.78 is 10.8. The van der Waals surface area contributed by atoms with E-state index in [2.05, 4.69) is 18.0 Å². The van der Waals surface area contributed by atoms with E-state index in [9.17, 15) is 4.79 Å². The fourth-order valence-electron chi connectivity index (χ4n) is 2.01. The first-order chi connectivity index (χ1) is 9.39. The lowest BCUT2D eigenvalue weighted by Gasteiger charge is -2.19. The average molecular weight is 275 g/mol. The highest BCUT2D eigenvalue weighted by molar-refractivity contribution is 5.87. The molecule has 0 bridgehead atoms. The van der Waals surface area contributed by atoms with E-state index >= 15 is 0 Å². The number of nitrogens with one attached hydrogen (secondary N) is 1. The molecule has 0 saturated heterocycles. The smallest absolute Gasteiger partial charge is 0.344 e. The van der Waals surface area contributed by atoms with Crippen molar-refractivity contribution >= 4 is 16.9 Å². The lowest BCUT2D eigenvalue weighted by molar-refractivity contribution is -0.157. The molecule has 0 saturated carbocycles. The summed E-state index contributed by atoms with van der Waals surface area (Å²) in [5.74, 6) is 0.338. The molecule has 0 radical (unpaired) electrons. The maximum absolute atomic E-state index is 11.7. The van der Waals surface area contributed by atoms with Gasteiger partial charge in [-0.2, -0.15) is 0 Å². The topological polar surface area (TPSA) is 51.3 Å². The van der Waals surface area contributed by atoms with Crippen molar-refractivity contribution in [1.29, 1.82) is 0 Å². The number of H-pyrrole nitrogens is 1. The Hall–Kier alpha value is -1.97. The molecule has 108 valence electrons. The van der Waals surface area contributed by atoms with Crippen LogP contribution in [-0.4, -0.2) is 23.2 Å². The molecule has 0 aliphatic heterocycles. The largest absolute Gasteiger partial charge is 0.481 e. The van der Waals surface area contributed by atoms with Crippen LogP contribution < -0.4 is 4.74 Å². The van der Waals surface area contributed by atoms with E-state index in [1.165, 1.54) is 0 Å². The Morgan fingerprint density at radius 2 is 2.05 bits per heavy atom. The molecule has 0 aliphatic rings. The fourth-order valence-corrected chi connectivity index (χ4v) is 2.01. The van der Waals surface area contributed by atoms with E-state index in [1.807, 2.05) is 39.0 Å². The zero-order chi connectivity index (χ0) is 14.8. The van der Waals surface area contributed by atoms with Crippen LogP contribution in [0, 0.1) is 0 Å². The van der Waals surface area contributed by atoms with E-state index < -0.39 is 5.60 Å². The van der Waals surface area contributed by atoms with Gasteiger partial charge in [0.15, 0.2) is 6.61 Å². The van der Waals surface area contributed by atoms with Gasteiger partial charge in [0.1, 0.15) is 11.4 Å². The Balaban J connectivity index is 2.10. The van der Waals surface area contributed by atoms with Gasteiger partial charge in [-0.3, -0.25) is 0 Å². The Bertz CT molecular complexity index is 608. The fraction of sp³-hybridized carbons (Fsp3) is 0.438. The van der Waals surface area contributed by atoms with Crippen LogP contribution in [-0.2, 0) is 16.0 Å². The Morgan fingerprint density at radius 1 is 1.30 bits per heavy atom. The number of carbonyl (C=O) groups is 1. The number of aryl methyl sites for hydroxylation is 1. The van der Waals surface area contributed by atoms with Crippen molar-refractivity contribution in [3.63, 3.8) is 0 Å². The monoisotopic (exact) mass is 275 g/mol. The number of hydrogen-bond acceptors (Lipinski definition) is 3. The molecule has 2 aromatic rings. The molecule has 1 aromatic heterocycles. The minimum atomic E-state index is -0.490. The van der Waals surface area contributed by atoms with Crippen LogP contribution in [0.2, 0.25) is 0 Å². The van der Waals surface area contributed by atoms with Crippen molar-refractivity contribution in [2.75, 3.05) is 6.61 Å². The number of carbonyl (C=O) groups excluding carboxylic acids is 1. The van der Waals surface area contributed by atoms with Gasteiger partial charge in [-0.05, 0) is 45.4 Å². The molecule has 2 rings (SSSR count). The molecule has 1 N–H and O–H groups in total. The summed E-state index contributed by atoms with van der Waals surface area (Å²) in [4.78, 5) is 15.0. The quantitative estimate of drug-likeness (QED) is 0.869. The first kappa shape index (κ1) is 14.4. The van der Waals surface area contributed by atoms with E-state index in [-0.39, 0.29) is 12.6 Å². The first-order valence-corrected chi connectivity index (χ1v) is 6.84. The van der Waals surface area contributed by atoms with Crippen molar-refractivity contribution in [3.05, 3.63) is 30.0 Å². The highest BCUT2D eigenvalue weighted by atomic mass is 16.6. The van der Waals surface area contributed by atoms with Crippen LogP contribution in [0.1, 0.15) is 33.4 Å². The van der Waals surface area contributed by atoms with Gasteiger partial charge in [-0.25, -0.2) is 4.79 Å². The maximum Gasteiger partial charge on any atom is 0.344 e. The second-order valence-electron chi connectivity index (χ2n) is 5.74. The summed E-state index contributed by atoms with van der Waals surface area (Å²) in [6.07, 6.45) is 0.931. The lowest BCUT2D eigenvalue weighted by atomic mass is 10.2. The Labute approximate surface area is 119 Å². The third kappa shape index (κ3) is 3.53. The third-order valence-electron chi connectivity index (χ3n) is 2.83. The Morgan fingerprint density at radius 3 is 2.70 bits per heavy atom. The number of benzene rings is 1. The molecule has 20 heavy (non-hydrogen) atoms. The van der Waals surface area contributed by atoms with E-state index in [1.54, 1.807) is 0 Å². The zero-order valence-corrected chi connectivity index (χ0v) is 12.4. The van der Waals surface area contributed by atoms with Gasteiger partial charge in [-0.15, -0.1) is 0 Å². The summed E-state index contributed by atoms with van der Waals surface area (Å²) in [6, 6.07) is 7.82. The molecule has 0 spiro atoms. The molecule has 1 heterocycles. The molecule has 0 aliphatic carbocycles. The van der Waals surface area contributed by atoms with E-state index in [0.717, 1.165) is 23.0 Å². The number of fused-ring (bicyclic) bond motifs is 1. The van der Waals surface area contributed by atoms with E-state index in [4.69, 9.17) is 9.47 Å². The second kappa shape index (κ2) is 5.57. The molecular weight excluding hydrogens is 254 g/mol. The maximum atomic E-state index is 11.7. The van der Waals surface area contributed by atoms with E-state index in [0.29, 0.717) is 5.75 Å². The summed E-state index contributed by atoms with van der Waals surface area (Å²) in [5.41, 5.74) is 1.67. The van der Waals surface area contributed by atoms with Crippen molar-refractivity contribution in [1.82, 2.24) is 4.98 Å². The van der Waals surface area contributed by atoms with Gasteiger partial charge < -0.3 is 14.5 Å². The van der Waals surface area contributed by atoms with Gasteiger partial charge in [-0.1, -0.05) is 13.0 Å². The SMILES string of the molecule is CCc1cc2c(OCC(=O)OC(C)(C)C)cccc2[nH]1. The molecule has 4 nitrogen and oxygen atoms in total. The lowest BCUT2D eigenvalue weighted by Crippen LogP contribution is -2.27. The van der Waals surface area contributed by atoms with Crippen LogP contribution in [0.25, 0.3) is 10.9 Å². The molecule has 0 atom stereocenters. The van der Waals surface area contributed by atoms with Crippen LogP contribution in [0.15, 0.2) is 24.3 Å². The number of ether oxygens (including phenoxy) is 2. The Kier molecular flexibility index (Phi) is 4.02. The summed E-state index contributed by atoms with van der Waals surface area (Å²) >= 11 is 0. The van der Waals surface area contributed by atoms with Gasteiger partial charge >= 0.3 is 5.97 Å². The molecule has 0 unspecified atom stereocenters. The summed E-state index contributed by atoms with van der Waals surface area (Å²) in [6.45, 7) is 7.52. The van der Waals surface area contributed by atoms with Gasteiger partial charge in [0, 0.05) is 16.6 Å². The highest BCUT2D eigenvalue weighted by Crippen LogP contribution is 2.26. The minimum Gasteiger partial charge on any atom is -0.481 e. The standard InChI is InChI=1S/C16H21NO3/c1-5-11-9-12-13(17-11)7-6-8-14(12)19-10-15(18)20-16(2,3)4/h6-9,17H,5,10H2,1-4H3. The predicted molar refractivity (Wildman–Crippen MR) is 79.0 cm³/mol. The highest BCUT2D eigenvalue weighted by Gasteiger charge is 2.17. The van der Waals surface area contributed by atoms with Gasteiger partial charge in [0.05, 0.1) is 0 Å². The minimum absolute atomic E-state index is 0.0803. The summed E-state index contributed by atoms with van der Waals surface area (Å²) in [7, 11) is 0. The number of rotatable bonds is 4.